The molecule has 2 atom stereocenters. The Bertz CT molecular complexity index is 1380. The summed E-state index contributed by atoms with van der Waals surface area (Å²) < 4.78 is 62.5. The summed E-state index contributed by atoms with van der Waals surface area (Å²) in [6, 6.07) is 2.86. The van der Waals surface area contributed by atoms with E-state index in [4.69, 9.17) is 16.3 Å². The normalized spacial score (nSPS) is 21.2. The van der Waals surface area contributed by atoms with E-state index in [0.29, 0.717) is 37.8 Å². The van der Waals surface area contributed by atoms with Gasteiger partial charge in [0.1, 0.15) is 24.3 Å². The van der Waals surface area contributed by atoms with E-state index < -0.39 is 29.3 Å². The number of para-hydroxylation sites is 1. The van der Waals surface area contributed by atoms with Gasteiger partial charge in [0.2, 0.25) is 12.5 Å². The molecule has 2 saturated heterocycles. The summed E-state index contributed by atoms with van der Waals surface area (Å²) >= 11 is 0. The molecule has 13 heteroatoms. The van der Waals surface area contributed by atoms with Crippen molar-refractivity contribution in [2.45, 2.75) is 44.1 Å². The average Bonchev–Trinajstić information content (AvgIpc) is 3.38. The van der Waals surface area contributed by atoms with Gasteiger partial charge >= 0.3 is 12.2 Å². The van der Waals surface area contributed by atoms with Crippen molar-refractivity contribution in [1.82, 2.24) is 19.8 Å². The summed E-state index contributed by atoms with van der Waals surface area (Å²) in [5.41, 5.74) is -0.333. The van der Waals surface area contributed by atoms with E-state index >= 15 is 0 Å². The van der Waals surface area contributed by atoms with Crippen LogP contribution >= 0.6 is 0 Å². The van der Waals surface area contributed by atoms with Gasteiger partial charge in [0, 0.05) is 37.8 Å². The maximum Gasteiger partial charge on any atom is 0.418 e. The lowest BCUT2D eigenvalue weighted by atomic mass is 10.0. The van der Waals surface area contributed by atoms with Gasteiger partial charge in [0.15, 0.2) is 0 Å². The van der Waals surface area contributed by atoms with E-state index in [-0.39, 0.29) is 44.0 Å². The molecule has 5 rings (SSSR count). The number of benzene rings is 1. The van der Waals surface area contributed by atoms with Crippen LogP contribution in [0.3, 0.4) is 0 Å². The number of aromatic nitrogens is 2. The van der Waals surface area contributed by atoms with Gasteiger partial charge in [0.25, 0.3) is 0 Å². The Morgan fingerprint density at radius 1 is 1.19 bits per heavy atom. The maximum absolute atomic E-state index is 14.9. The van der Waals surface area contributed by atoms with Crippen molar-refractivity contribution in [2.75, 3.05) is 62.7 Å². The second kappa shape index (κ2) is 12.1. The van der Waals surface area contributed by atoms with Crippen LogP contribution in [0, 0.1) is 12.4 Å². The van der Waals surface area contributed by atoms with E-state index in [1.54, 1.807) is 4.90 Å². The third-order valence-electron chi connectivity index (χ3n) is 8.25. The van der Waals surface area contributed by atoms with E-state index in [9.17, 15) is 22.4 Å². The molecule has 42 heavy (non-hydrogen) atoms. The third kappa shape index (κ3) is 5.99. The first kappa shape index (κ1) is 29.6. The van der Waals surface area contributed by atoms with Crippen LogP contribution < -0.4 is 14.5 Å². The molecule has 2 aromatic rings. The fourth-order valence-corrected chi connectivity index (χ4v) is 6.05. The lowest BCUT2D eigenvalue weighted by molar-refractivity contribution is -0.137. The van der Waals surface area contributed by atoms with Gasteiger partial charge in [-0.1, -0.05) is 12.6 Å². The van der Waals surface area contributed by atoms with Crippen LogP contribution in [0.15, 0.2) is 30.9 Å². The Balaban J connectivity index is 1.49. The van der Waals surface area contributed by atoms with Crippen molar-refractivity contribution >= 4 is 17.4 Å². The molecule has 1 aromatic carbocycles. The van der Waals surface area contributed by atoms with Gasteiger partial charge in [-0.15, -0.1) is 0 Å². The molecule has 0 aliphatic carbocycles. The van der Waals surface area contributed by atoms with Crippen LogP contribution in [-0.2, 0) is 23.9 Å². The first-order valence-electron chi connectivity index (χ1n) is 13.9. The largest absolute Gasteiger partial charge is 0.462 e. The predicted octanol–water partition coefficient (Wildman–Crippen LogP) is 3.79. The molecule has 1 amide bonds. The molecule has 0 bridgehead atoms. The van der Waals surface area contributed by atoms with Gasteiger partial charge in [-0.25, -0.2) is 11.0 Å². The number of nitrogens with zero attached hydrogens (tertiary/aromatic N) is 7. The second-order valence-corrected chi connectivity index (χ2v) is 10.8. The molecule has 0 unspecified atom stereocenters. The zero-order valence-electron chi connectivity index (χ0n) is 23.4. The number of alkyl halides is 3. The monoisotopic (exact) mass is 587 g/mol. The van der Waals surface area contributed by atoms with Crippen LogP contribution in [0.5, 0.6) is 6.01 Å². The summed E-state index contributed by atoms with van der Waals surface area (Å²) in [4.78, 5) is 32.5. The molecule has 1 aromatic heterocycles. The molecule has 3 aliphatic rings. The Labute approximate surface area is 242 Å². The van der Waals surface area contributed by atoms with E-state index in [0.717, 1.165) is 43.1 Å². The fraction of sp³-hybridized carbons (Fsp3) is 0.517. The van der Waals surface area contributed by atoms with E-state index in [1.165, 1.54) is 11.0 Å². The molecule has 224 valence electrons. The van der Waals surface area contributed by atoms with E-state index in [1.807, 2.05) is 11.9 Å². The average molecular weight is 588 g/mol. The van der Waals surface area contributed by atoms with Crippen molar-refractivity contribution in [3.8, 4) is 6.01 Å². The van der Waals surface area contributed by atoms with E-state index in [2.05, 4.69) is 21.3 Å². The molecule has 3 aliphatic heterocycles. The summed E-state index contributed by atoms with van der Waals surface area (Å²) in [5, 5.41) is 0. The maximum atomic E-state index is 14.9. The van der Waals surface area contributed by atoms with Crippen molar-refractivity contribution in [2.24, 2.45) is 0 Å². The number of anilines is 2. The number of likely N-dealkylation sites (N-methyl/N-ethyl adjacent to an activating group) is 1. The minimum absolute atomic E-state index is 0.0606. The number of piperazine rings is 1. The minimum atomic E-state index is -4.73. The summed E-state index contributed by atoms with van der Waals surface area (Å²) in [6.45, 7) is 13.6. The van der Waals surface area contributed by atoms with Gasteiger partial charge < -0.3 is 29.2 Å². The summed E-state index contributed by atoms with van der Waals surface area (Å²) in [5.74, 6) is -0.633. The van der Waals surface area contributed by atoms with Gasteiger partial charge in [0.05, 0.1) is 23.5 Å². The highest BCUT2D eigenvalue weighted by Crippen LogP contribution is 2.40. The summed E-state index contributed by atoms with van der Waals surface area (Å²) in [6.07, 6.45) is -1.20. The van der Waals surface area contributed by atoms with Crippen LogP contribution in [-0.4, -0.2) is 90.7 Å². The number of hydrogen-bond donors (Lipinski definition) is 0. The first-order valence-corrected chi connectivity index (χ1v) is 13.9. The van der Waals surface area contributed by atoms with Gasteiger partial charge in [-0.05, 0) is 51.1 Å². The third-order valence-corrected chi connectivity index (χ3v) is 8.25. The molecular formula is C29H33F4N7O2. The number of ether oxygens (including phenoxy) is 1. The first-order chi connectivity index (χ1) is 20.1. The lowest BCUT2D eigenvalue weighted by Crippen LogP contribution is -2.56. The zero-order valence-corrected chi connectivity index (χ0v) is 23.4. The standard InChI is InChI=1S/C29H33F4N7O2/c1-4-25(41)40-14-13-39(16-20(40)15-34-2)27-21-10-12-38(26-22(29(31,32)33)8-5-9-23(26)30)17-24(21)35-28(36-27)42-18-19-7-6-11-37(19)3/h4-5,8-9,19-20H,1,6-7,10-18H2,3H3/t19-,20-/m0/s1. The molecular weight excluding hydrogens is 554 g/mol. The van der Waals surface area contributed by atoms with Crippen LogP contribution in [0.4, 0.5) is 29.1 Å². The number of fused-ring (bicyclic) bond motifs is 1. The van der Waals surface area contributed by atoms with Crippen LogP contribution in [0.1, 0.15) is 29.7 Å². The zero-order chi connectivity index (χ0) is 30.0. The molecule has 0 spiro atoms. The Morgan fingerprint density at radius 2 is 2.00 bits per heavy atom. The Hall–Kier alpha value is -3.92. The molecule has 9 nitrogen and oxygen atoms in total. The number of carbonyl (C=O) groups is 1. The van der Waals surface area contributed by atoms with Crippen molar-refractivity contribution in [3.05, 3.63) is 64.9 Å². The fourth-order valence-electron chi connectivity index (χ4n) is 6.05. The molecule has 0 N–H and O–H groups in total. The molecule has 0 saturated carbocycles. The summed E-state index contributed by atoms with van der Waals surface area (Å²) in [7, 11) is 2.02. The van der Waals surface area contributed by atoms with Crippen LogP contribution in [0.25, 0.3) is 4.85 Å². The van der Waals surface area contributed by atoms with Gasteiger partial charge in [-0.2, -0.15) is 23.1 Å². The second-order valence-electron chi connectivity index (χ2n) is 10.8. The van der Waals surface area contributed by atoms with Crippen molar-refractivity contribution in [3.63, 3.8) is 0 Å². The van der Waals surface area contributed by atoms with Crippen molar-refractivity contribution < 1.29 is 27.1 Å². The molecule has 4 heterocycles. The van der Waals surface area contributed by atoms with Crippen molar-refractivity contribution in [1.29, 1.82) is 0 Å². The number of amides is 1. The SMILES string of the molecule is [C-]#[N+]C[C@H]1CN(c2nc(OC[C@@H]3CCCN3C)nc3c2CCN(c2c(F)cccc2C(F)(F)F)C3)CCN1C(=O)C=C. The number of halogens is 4. The predicted molar refractivity (Wildman–Crippen MR) is 149 cm³/mol. The smallest absolute Gasteiger partial charge is 0.418 e. The highest BCUT2D eigenvalue weighted by Gasteiger charge is 2.39. The quantitative estimate of drug-likeness (QED) is 0.278. The Morgan fingerprint density at radius 3 is 2.69 bits per heavy atom. The number of carbonyl (C=O) groups excluding carboxylic acids is 1. The minimum Gasteiger partial charge on any atom is -0.462 e. The number of rotatable bonds is 7. The van der Waals surface area contributed by atoms with Gasteiger partial charge in [-0.3, -0.25) is 4.79 Å². The highest BCUT2D eigenvalue weighted by molar-refractivity contribution is 5.87. The molecule has 0 radical (unpaired) electrons. The highest BCUT2D eigenvalue weighted by atomic mass is 19.4. The number of hydrogen-bond acceptors (Lipinski definition) is 7. The van der Waals surface area contributed by atoms with Crippen LogP contribution in [0.2, 0.25) is 0 Å². The number of likely N-dealkylation sites (tertiary alicyclic amines) is 1. The lowest BCUT2D eigenvalue weighted by Gasteiger charge is -2.41. The topological polar surface area (TPSA) is 69.4 Å². The molecule has 2 fully saturated rings. The Kier molecular flexibility index (Phi) is 8.54.